The minimum Gasteiger partial charge on any atom is -0.384 e. The van der Waals surface area contributed by atoms with Crippen molar-refractivity contribution in [1.29, 1.82) is 0 Å². The van der Waals surface area contributed by atoms with Crippen LogP contribution in [0.2, 0.25) is 0 Å². The molecule has 0 saturated carbocycles. The second-order valence-corrected chi connectivity index (χ2v) is 6.30. The van der Waals surface area contributed by atoms with Crippen molar-refractivity contribution in [3.05, 3.63) is 30.9 Å². The molecule has 1 fully saturated rings. The fourth-order valence-electron chi connectivity index (χ4n) is 2.49. The molecule has 2 N–H and O–H groups in total. The molecule has 2 aromatic rings. The zero-order valence-electron chi connectivity index (χ0n) is 10.8. The van der Waals surface area contributed by atoms with E-state index in [-0.39, 0.29) is 0 Å². The van der Waals surface area contributed by atoms with Gasteiger partial charge in [0, 0.05) is 23.6 Å². The Morgan fingerprint density at radius 3 is 3.16 bits per heavy atom. The number of aromatic nitrogens is 3. The highest BCUT2D eigenvalue weighted by Gasteiger charge is 2.16. The molecule has 100 valence electrons. The van der Waals surface area contributed by atoms with Crippen LogP contribution in [0.15, 0.2) is 30.9 Å². The molecule has 0 radical (unpaired) electrons. The molecular formula is C14H18N4S. The Bertz CT molecular complexity index is 546. The Kier molecular flexibility index (Phi) is 3.73. The second kappa shape index (κ2) is 5.65. The fourth-order valence-corrected chi connectivity index (χ4v) is 3.79. The largest absolute Gasteiger partial charge is 0.384 e. The number of thioether (sulfide) groups is 1. The summed E-state index contributed by atoms with van der Waals surface area (Å²) >= 11 is 2.08. The van der Waals surface area contributed by atoms with Gasteiger partial charge in [-0.2, -0.15) is 11.8 Å². The Morgan fingerprint density at radius 1 is 1.42 bits per heavy atom. The van der Waals surface area contributed by atoms with Crippen LogP contribution < -0.4 is 5.73 Å². The van der Waals surface area contributed by atoms with Crippen LogP contribution in [-0.4, -0.2) is 25.5 Å². The lowest BCUT2D eigenvalue weighted by Crippen LogP contribution is -2.17. The lowest BCUT2D eigenvalue weighted by molar-refractivity contribution is 0.585. The molecule has 1 aliphatic rings. The van der Waals surface area contributed by atoms with Crippen molar-refractivity contribution in [3.63, 3.8) is 0 Å². The molecule has 3 heterocycles. The van der Waals surface area contributed by atoms with Gasteiger partial charge in [-0.05, 0) is 30.7 Å². The molecule has 19 heavy (non-hydrogen) atoms. The van der Waals surface area contributed by atoms with Gasteiger partial charge >= 0.3 is 0 Å². The van der Waals surface area contributed by atoms with Gasteiger partial charge in [0.1, 0.15) is 5.82 Å². The van der Waals surface area contributed by atoms with E-state index in [0.29, 0.717) is 11.1 Å². The maximum absolute atomic E-state index is 5.75. The van der Waals surface area contributed by atoms with Crippen molar-refractivity contribution < 1.29 is 0 Å². The van der Waals surface area contributed by atoms with Crippen molar-refractivity contribution in [2.75, 3.05) is 11.5 Å². The number of nitrogens with two attached hydrogens (primary N) is 1. The molecular weight excluding hydrogens is 256 g/mol. The van der Waals surface area contributed by atoms with E-state index in [4.69, 9.17) is 5.73 Å². The van der Waals surface area contributed by atoms with E-state index >= 15 is 0 Å². The third-order valence-electron chi connectivity index (χ3n) is 3.46. The first-order valence-corrected chi connectivity index (χ1v) is 7.71. The summed E-state index contributed by atoms with van der Waals surface area (Å²) in [5.74, 6) is 1.84. The zero-order valence-corrected chi connectivity index (χ0v) is 11.6. The van der Waals surface area contributed by atoms with E-state index in [9.17, 15) is 0 Å². The average Bonchev–Trinajstić information content (AvgIpc) is 2.88. The fraction of sp³-hybridized carbons (Fsp3) is 0.429. The lowest BCUT2D eigenvalue weighted by Gasteiger charge is -2.22. The van der Waals surface area contributed by atoms with Gasteiger partial charge in [-0.15, -0.1) is 0 Å². The SMILES string of the molecule is Nc1cc(-c2cncn2CC2CCCCS2)ccn1. The number of hydrogen-bond donors (Lipinski definition) is 1. The molecule has 5 heteroatoms. The van der Waals surface area contributed by atoms with E-state index in [2.05, 4.69) is 26.3 Å². The van der Waals surface area contributed by atoms with Gasteiger partial charge in [0.25, 0.3) is 0 Å². The van der Waals surface area contributed by atoms with E-state index in [1.807, 2.05) is 24.7 Å². The Hall–Kier alpha value is -1.49. The predicted molar refractivity (Wildman–Crippen MR) is 80.0 cm³/mol. The first kappa shape index (κ1) is 12.5. The number of anilines is 1. The van der Waals surface area contributed by atoms with Crippen LogP contribution in [0, 0.1) is 0 Å². The summed E-state index contributed by atoms with van der Waals surface area (Å²) in [7, 11) is 0. The lowest BCUT2D eigenvalue weighted by atomic mass is 10.1. The van der Waals surface area contributed by atoms with Gasteiger partial charge in [-0.25, -0.2) is 9.97 Å². The van der Waals surface area contributed by atoms with Gasteiger partial charge in [0.05, 0.1) is 18.2 Å². The first-order chi connectivity index (χ1) is 9.33. The summed E-state index contributed by atoms with van der Waals surface area (Å²) < 4.78 is 2.23. The van der Waals surface area contributed by atoms with Crippen molar-refractivity contribution in [1.82, 2.24) is 14.5 Å². The van der Waals surface area contributed by atoms with E-state index in [0.717, 1.165) is 17.8 Å². The van der Waals surface area contributed by atoms with Crippen LogP contribution in [0.3, 0.4) is 0 Å². The predicted octanol–water partition coefficient (Wildman–Crippen LogP) is 2.81. The summed E-state index contributed by atoms with van der Waals surface area (Å²) in [4.78, 5) is 8.33. The average molecular weight is 274 g/mol. The molecule has 0 aromatic carbocycles. The van der Waals surface area contributed by atoms with Crippen LogP contribution in [0.4, 0.5) is 5.82 Å². The first-order valence-electron chi connectivity index (χ1n) is 6.66. The molecule has 0 amide bonds. The minimum atomic E-state index is 0.553. The monoisotopic (exact) mass is 274 g/mol. The summed E-state index contributed by atoms with van der Waals surface area (Å²) in [5.41, 5.74) is 7.97. The van der Waals surface area contributed by atoms with E-state index in [1.54, 1.807) is 6.20 Å². The zero-order chi connectivity index (χ0) is 13.1. The maximum Gasteiger partial charge on any atom is 0.123 e. The number of hydrogen-bond acceptors (Lipinski definition) is 4. The number of pyridine rings is 1. The van der Waals surface area contributed by atoms with E-state index in [1.165, 1.54) is 25.0 Å². The van der Waals surface area contributed by atoms with Crippen molar-refractivity contribution in [2.24, 2.45) is 0 Å². The topological polar surface area (TPSA) is 56.7 Å². The Morgan fingerprint density at radius 2 is 2.37 bits per heavy atom. The molecule has 1 saturated heterocycles. The van der Waals surface area contributed by atoms with Crippen molar-refractivity contribution in [3.8, 4) is 11.3 Å². The molecule has 4 nitrogen and oxygen atoms in total. The molecule has 1 aliphatic heterocycles. The van der Waals surface area contributed by atoms with Gasteiger partial charge in [0.15, 0.2) is 0 Å². The molecule has 2 aromatic heterocycles. The van der Waals surface area contributed by atoms with Crippen LogP contribution in [0.5, 0.6) is 0 Å². The number of rotatable bonds is 3. The maximum atomic E-state index is 5.75. The molecule has 0 spiro atoms. The Balaban J connectivity index is 1.81. The number of imidazole rings is 1. The minimum absolute atomic E-state index is 0.553. The summed E-state index contributed by atoms with van der Waals surface area (Å²) in [6.45, 7) is 1.03. The number of nitrogen functional groups attached to an aromatic ring is 1. The van der Waals surface area contributed by atoms with Crippen LogP contribution >= 0.6 is 11.8 Å². The van der Waals surface area contributed by atoms with Crippen LogP contribution in [0.1, 0.15) is 19.3 Å². The molecule has 1 unspecified atom stereocenters. The van der Waals surface area contributed by atoms with Crippen LogP contribution in [0.25, 0.3) is 11.3 Å². The highest BCUT2D eigenvalue weighted by atomic mass is 32.2. The van der Waals surface area contributed by atoms with Gasteiger partial charge in [-0.3, -0.25) is 0 Å². The molecule has 0 bridgehead atoms. The molecule has 0 aliphatic carbocycles. The van der Waals surface area contributed by atoms with Gasteiger partial charge < -0.3 is 10.3 Å². The highest BCUT2D eigenvalue weighted by molar-refractivity contribution is 7.99. The van der Waals surface area contributed by atoms with E-state index < -0.39 is 0 Å². The van der Waals surface area contributed by atoms with Crippen molar-refractivity contribution in [2.45, 2.75) is 31.1 Å². The second-order valence-electron chi connectivity index (χ2n) is 4.89. The van der Waals surface area contributed by atoms with Gasteiger partial charge in [0.2, 0.25) is 0 Å². The normalized spacial score (nSPS) is 19.5. The third-order valence-corrected chi connectivity index (χ3v) is 4.84. The Labute approximate surface area is 117 Å². The molecule has 1 atom stereocenters. The standard InChI is InChI=1S/C14H18N4S/c15-14-7-11(4-5-17-14)13-8-16-10-18(13)9-12-3-1-2-6-19-12/h4-5,7-8,10,12H,1-3,6,9H2,(H2,15,17). The van der Waals surface area contributed by atoms with Crippen molar-refractivity contribution >= 4 is 17.6 Å². The molecule has 3 rings (SSSR count). The van der Waals surface area contributed by atoms with Crippen LogP contribution in [-0.2, 0) is 6.54 Å². The van der Waals surface area contributed by atoms with Gasteiger partial charge in [-0.1, -0.05) is 6.42 Å². The smallest absolute Gasteiger partial charge is 0.123 e. The quantitative estimate of drug-likeness (QED) is 0.935. The summed E-state index contributed by atoms with van der Waals surface area (Å²) in [6.07, 6.45) is 9.59. The number of nitrogens with zero attached hydrogens (tertiary/aromatic N) is 3. The summed E-state index contributed by atoms with van der Waals surface area (Å²) in [5, 5.41) is 0.709. The summed E-state index contributed by atoms with van der Waals surface area (Å²) in [6, 6.07) is 3.89. The third kappa shape index (κ3) is 2.92. The highest BCUT2D eigenvalue weighted by Crippen LogP contribution is 2.28.